The maximum atomic E-state index is 13.7. The van der Waals surface area contributed by atoms with Gasteiger partial charge in [-0.3, -0.25) is 14.4 Å². The van der Waals surface area contributed by atoms with E-state index in [2.05, 4.69) is 6.92 Å². The Labute approximate surface area is 212 Å². The fraction of sp³-hybridized carbons (Fsp3) is 0.714. The lowest BCUT2D eigenvalue weighted by molar-refractivity contribution is -0.185. The van der Waals surface area contributed by atoms with E-state index in [0.717, 1.165) is 18.4 Å². The molecule has 0 aromatic heterocycles. The van der Waals surface area contributed by atoms with Gasteiger partial charge in [-0.15, -0.1) is 0 Å². The third kappa shape index (κ3) is 4.11. The summed E-state index contributed by atoms with van der Waals surface area (Å²) in [5.74, 6) is -1.01. The van der Waals surface area contributed by atoms with Crippen LogP contribution in [-0.4, -0.2) is 53.7 Å². The fourth-order valence-electron chi connectivity index (χ4n) is 7.82. The monoisotopic (exact) mass is 502 g/mol. The van der Waals surface area contributed by atoms with Crippen LogP contribution in [0.5, 0.6) is 0 Å². The molecule has 0 aromatic rings. The molecule has 4 aliphatic rings. The van der Waals surface area contributed by atoms with Crippen LogP contribution in [0, 0.1) is 28.6 Å². The standard InChI is InChI=1S/C28H38O8/c1-5-7-23(32)35-16-22(31)28(36-25(33)34-6-2)13-11-20-19-9-8-17-14-18(29)10-12-26(17,3)24(19)21(30)15-27(20,28)4/h10,12,14,19-21,24,30H,5-9,11,13,15-16H2,1-4H3/t19-,20-,21-,24+,26-,27-,28-/m0/s1. The molecule has 8 nitrogen and oxygen atoms in total. The predicted octanol–water partition coefficient (Wildman–Crippen LogP) is 4.09. The second-order valence-electron chi connectivity index (χ2n) is 11.2. The lowest BCUT2D eigenvalue weighted by Crippen LogP contribution is -2.63. The maximum Gasteiger partial charge on any atom is 0.509 e. The van der Waals surface area contributed by atoms with Gasteiger partial charge in [0.2, 0.25) is 5.78 Å². The molecular formula is C28H38O8. The highest BCUT2D eigenvalue weighted by molar-refractivity contribution is 6.01. The lowest BCUT2D eigenvalue weighted by Gasteiger charge is -2.59. The number of allylic oxidation sites excluding steroid dienone is 4. The second kappa shape index (κ2) is 9.77. The first-order valence-corrected chi connectivity index (χ1v) is 13.2. The average molecular weight is 503 g/mol. The zero-order chi connectivity index (χ0) is 26.3. The first-order valence-electron chi connectivity index (χ1n) is 13.2. The molecule has 0 aromatic carbocycles. The molecule has 0 aliphatic heterocycles. The molecule has 0 heterocycles. The van der Waals surface area contributed by atoms with Crippen molar-refractivity contribution < 1.29 is 38.5 Å². The molecule has 0 radical (unpaired) electrons. The van der Waals surface area contributed by atoms with Crippen LogP contribution in [0.25, 0.3) is 0 Å². The summed E-state index contributed by atoms with van der Waals surface area (Å²) >= 11 is 0. The van der Waals surface area contributed by atoms with Gasteiger partial charge in [-0.05, 0) is 69.4 Å². The first kappa shape index (κ1) is 26.6. The quantitative estimate of drug-likeness (QED) is 0.518. The van der Waals surface area contributed by atoms with Crippen molar-refractivity contribution in [1.29, 1.82) is 0 Å². The van der Waals surface area contributed by atoms with Crippen molar-refractivity contribution in [3.8, 4) is 0 Å². The van der Waals surface area contributed by atoms with Gasteiger partial charge in [0.25, 0.3) is 0 Å². The SMILES string of the molecule is CCCC(=O)OCC(=O)[C@@]1(OC(=O)OCC)CC[C@H]2[C@@H]3CCC4=CC(=O)C=C[C@]4(C)[C@H]3[C@@H](O)C[C@@]21C. The lowest BCUT2D eigenvalue weighted by atomic mass is 9.46. The van der Waals surface area contributed by atoms with Crippen LogP contribution in [0.15, 0.2) is 23.8 Å². The number of ether oxygens (including phenoxy) is 3. The van der Waals surface area contributed by atoms with E-state index in [0.29, 0.717) is 12.8 Å². The molecule has 4 rings (SSSR count). The van der Waals surface area contributed by atoms with Gasteiger partial charge >= 0.3 is 12.1 Å². The Hall–Kier alpha value is -2.48. The molecule has 0 spiro atoms. The third-order valence-corrected chi connectivity index (χ3v) is 9.40. The normalized spacial score (nSPS) is 38.8. The van der Waals surface area contributed by atoms with Gasteiger partial charge in [-0.2, -0.15) is 0 Å². The van der Waals surface area contributed by atoms with Crippen molar-refractivity contribution in [3.05, 3.63) is 23.8 Å². The molecule has 0 saturated heterocycles. The fourth-order valence-corrected chi connectivity index (χ4v) is 7.82. The number of aliphatic hydroxyl groups is 1. The van der Waals surface area contributed by atoms with Crippen molar-refractivity contribution in [2.75, 3.05) is 13.2 Å². The number of hydrogen-bond acceptors (Lipinski definition) is 8. The number of carbonyl (C=O) groups excluding carboxylic acids is 4. The van der Waals surface area contributed by atoms with Gasteiger partial charge in [0.1, 0.15) is 0 Å². The molecule has 0 bridgehead atoms. The van der Waals surface area contributed by atoms with Crippen LogP contribution in [0.3, 0.4) is 0 Å². The van der Waals surface area contributed by atoms with E-state index in [9.17, 15) is 24.3 Å². The molecule has 0 amide bonds. The Kier molecular flexibility index (Phi) is 7.21. The highest BCUT2D eigenvalue weighted by atomic mass is 16.7. The molecule has 0 unspecified atom stereocenters. The van der Waals surface area contributed by atoms with Gasteiger partial charge in [-0.1, -0.05) is 32.4 Å². The number of rotatable bonds is 7. The van der Waals surface area contributed by atoms with Crippen LogP contribution in [-0.2, 0) is 28.6 Å². The molecule has 7 atom stereocenters. The summed E-state index contributed by atoms with van der Waals surface area (Å²) < 4.78 is 16.2. The summed E-state index contributed by atoms with van der Waals surface area (Å²) in [7, 11) is 0. The molecule has 1 N–H and O–H groups in total. The van der Waals surface area contributed by atoms with Gasteiger partial charge in [0.05, 0.1) is 12.7 Å². The minimum atomic E-state index is -1.56. The topological polar surface area (TPSA) is 116 Å². The van der Waals surface area contributed by atoms with Gasteiger partial charge in [0, 0.05) is 23.2 Å². The van der Waals surface area contributed by atoms with Crippen LogP contribution in [0.4, 0.5) is 4.79 Å². The molecule has 4 aliphatic carbocycles. The molecule has 198 valence electrons. The van der Waals surface area contributed by atoms with Crippen LogP contribution < -0.4 is 0 Å². The van der Waals surface area contributed by atoms with Crippen molar-refractivity contribution in [2.45, 2.75) is 84.3 Å². The number of ketones is 2. The minimum absolute atomic E-state index is 0.0000212. The van der Waals surface area contributed by atoms with E-state index < -0.39 is 47.0 Å². The average Bonchev–Trinajstić information content (AvgIpc) is 3.10. The number of fused-ring (bicyclic) bond motifs is 5. The number of Topliss-reactive ketones (excluding diaryl/α,β-unsaturated/α-hetero) is 1. The van der Waals surface area contributed by atoms with Crippen molar-refractivity contribution in [3.63, 3.8) is 0 Å². The summed E-state index contributed by atoms with van der Waals surface area (Å²) in [5.41, 5.74) is -1.81. The van der Waals surface area contributed by atoms with Crippen molar-refractivity contribution in [1.82, 2.24) is 0 Å². The smallest absolute Gasteiger partial charge is 0.457 e. The highest BCUT2D eigenvalue weighted by Gasteiger charge is 2.70. The van der Waals surface area contributed by atoms with Gasteiger partial charge in [-0.25, -0.2) is 4.79 Å². The zero-order valence-corrected chi connectivity index (χ0v) is 21.7. The third-order valence-electron chi connectivity index (χ3n) is 9.40. The molecule has 3 fully saturated rings. The highest BCUT2D eigenvalue weighted by Crippen LogP contribution is 2.67. The largest absolute Gasteiger partial charge is 0.509 e. The Morgan fingerprint density at radius 3 is 2.58 bits per heavy atom. The Morgan fingerprint density at radius 1 is 1.14 bits per heavy atom. The van der Waals surface area contributed by atoms with Gasteiger partial charge < -0.3 is 19.3 Å². The van der Waals surface area contributed by atoms with Crippen molar-refractivity contribution in [2.24, 2.45) is 28.6 Å². The molecular weight excluding hydrogens is 464 g/mol. The first-order chi connectivity index (χ1) is 17.0. The summed E-state index contributed by atoms with van der Waals surface area (Å²) in [6.45, 7) is 7.12. The maximum absolute atomic E-state index is 13.7. The molecule has 36 heavy (non-hydrogen) atoms. The number of aliphatic hydroxyl groups excluding tert-OH is 1. The van der Waals surface area contributed by atoms with Gasteiger partial charge in [0.15, 0.2) is 18.0 Å². The number of esters is 1. The van der Waals surface area contributed by atoms with E-state index >= 15 is 0 Å². The summed E-state index contributed by atoms with van der Waals surface area (Å²) in [4.78, 5) is 50.4. The Bertz CT molecular complexity index is 998. The second-order valence-corrected chi connectivity index (χ2v) is 11.2. The Morgan fingerprint density at radius 2 is 1.89 bits per heavy atom. The van der Waals surface area contributed by atoms with Crippen LogP contribution >= 0.6 is 0 Å². The van der Waals surface area contributed by atoms with E-state index in [-0.39, 0.29) is 49.4 Å². The predicted molar refractivity (Wildman–Crippen MR) is 130 cm³/mol. The summed E-state index contributed by atoms with van der Waals surface area (Å²) in [6, 6.07) is 0. The number of carbonyl (C=O) groups is 4. The number of hydrogen-bond donors (Lipinski definition) is 1. The van der Waals surface area contributed by atoms with Crippen molar-refractivity contribution >= 4 is 23.7 Å². The van der Waals surface area contributed by atoms with Crippen LogP contribution in [0.1, 0.15) is 72.6 Å². The van der Waals surface area contributed by atoms with E-state index in [4.69, 9.17) is 14.2 Å². The van der Waals surface area contributed by atoms with E-state index in [1.54, 1.807) is 19.1 Å². The van der Waals surface area contributed by atoms with E-state index in [1.165, 1.54) is 0 Å². The van der Waals surface area contributed by atoms with Crippen LogP contribution in [0.2, 0.25) is 0 Å². The molecule has 8 heteroatoms. The minimum Gasteiger partial charge on any atom is -0.457 e. The summed E-state index contributed by atoms with van der Waals surface area (Å²) in [6.07, 6.45) is 6.99. The van der Waals surface area contributed by atoms with E-state index in [1.807, 2.05) is 19.9 Å². The molecule has 3 saturated carbocycles. The Balaban J connectivity index is 1.68. The zero-order valence-electron chi connectivity index (χ0n) is 21.7. The summed E-state index contributed by atoms with van der Waals surface area (Å²) in [5, 5.41) is 11.6.